The molecule has 1 saturated heterocycles. The fourth-order valence-electron chi connectivity index (χ4n) is 3.32. The summed E-state index contributed by atoms with van der Waals surface area (Å²) in [6.45, 7) is 7.54. The van der Waals surface area contributed by atoms with Crippen LogP contribution in [0.4, 0.5) is 5.69 Å². The van der Waals surface area contributed by atoms with Crippen LogP contribution in [0.2, 0.25) is 0 Å². The van der Waals surface area contributed by atoms with Crippen molar-refractivity contribution in [1.82, 2.24) is 10.2 Å². The van der Waals surface area contributed by atoms with E-state index in [1.165, 1.54) is 12.0 Å². The largest absolute Gasteiger partial charge is 0.373 e. The van der Waals surface area contributed by atoms with E-state index < -0.39 is 0 Å². The van der Waals surface area contributed by atoms with Crippen molar-refractivity contribution >= 4 is 11.6 Å². The van der Waals surface area contributed by atoms with Gasteiger partial charge >= 0.3 is 0 Å². The minimum Gasteiger partial charge on any atom is -0.373 e. The molecule has 0 aliphatic carbocycles. The zero-order valence-electron chi connectivity index (χ0n) is 12.9. The number of amides is 1. The highest BCUT2D eigenvalue weighted by Crippen LogP contribution is 2.25. The molecule has 1 aromatic carbocycles. The van der Waals surface area contributed by atoms with E-state index in [0.717, 1.165) is 31.7 Å². The van der Waals surface area contributed by atoms with Gasteiger partial charge in [0, 0.05) is 31.2 Å². The number of para-hydroxylation sites is 1. The number of anilines is 1. The van der Waals surface area contributed by atoms with E-state index in [-0.39, 0.29) is 11.9 Å². The lowest BCUT2D eigenvalue weighted by atomic mass is 10.1. The van der Waals surface area contributed by atoms with Crippen LogP contribution in [0.1, 0.15) is 25.8 Å². The average Bonchev–Trinajstić information content (AvgIpc) is 3.11. The van der Waals surface area contributed by atoms with E-state index in [1.54, 1.807) is 0 Å². The number of carbonyl (C=O) groups is 1. The molecule has 0 radical (unpaired) electrons. The quantitative estimate of drug-likeness (QED) is 0.888. The first kappa shape index (κ1) is 14.4. The summed E-state index contributed by atoms with van der Waals surface area (Å²) in [5, 5.41) is 6.45. The predicted octanol–water partition coefficient (Wildman–Crippen LogP) is 1.87. The third-order valence-electron chi connectivity index (χ3n) is 4.70. The maximum absolute atomic E-state index is 12.3. The zero-order chi connectivity index (χ0) is 14.8. The summed E-state index contributed by atoms with van der Waals surface area (Å²) in [6.07, 6.45) is 1.99. The Morgan fingerprint density at radius 3 is 2.95 bits per heavy atom. The highest BCUT2D eigenvalue weighted by molar-refractivity contribution is 5.87. The highest BCUT2D eigenvalue weighted by atomic mass is 16.2. The van der Waals surface area contributed by atoms with Crippen molar-refractivity contribution < 1.29 is 4.79 Å². The number of carbonyl (C=O) groups excluding carboxylic acids is 1. The molecule has 2 unspecified atom stereocenters. The van der Waals surface area contributed by atoms with Crippen molar-refractivity contribution in [2.75, 3.05) is 25.0 Å². The molecule has 1 amide bonds. The standard InChI is InChI=1S/C17H25N3O/c1-12(2)20-8-7-13(11-20)10-18-17(21)16-9-14-5-3-4-6-15(14)19-16/h3-6,12-13,16,19H,7-11H2,1-2H3,(H,18,21). The van der Waals surface area contributed by atoms with Gasteiger partial charge in [-0.05, 0) is 44.4 Å². The molecule has 1 fully saturated rings. The van der Waals surface area contributed by atoms with Crippen LogP contribution in [0.15, 0.2) is 24.3 Å². The molecule has 4 nitrogen and oxygen atoms in total. The number of fused-ring (bicyclic) bond motifs is 1. The van der Waals surface area contributed by atoms with Crippen LogP contribution in [0.5, 0.6) is 0 Å². The summed E-state index contributed by atoms with van der Waals surface area (Å²) < 4.78 is 0. The number of nitrogens with one attached hydrogen (secondary N) is 2. The Bertz CT molecular complexity index is 490. The fourth-order valence-corrected chi connectivity index (χ4v) is 3.32. The zero-order valence-corrected chi connectivity index (χ0v) is 12.9. The van der Waals surface area contributed by atoms with E-state index in [4.69, 9.17) is 0 Å². The summed E-state index contributed by atoms with van der Waals surface area (Å²) in [6, 6.07) is 8.67. The summed E-state index contributed by atoms with van der Waals surface area (Å²) in [5.41, 5.74) is 2.34. The van der Waals surface area contributed by atoms with Gasteiger partial charge < -0.3 is 15.5 Å². The van der Waals surface area contributed by atoms with Gasteiger partial charge in [-0.3, -0.25) is 4.79 Å². The Balaban J connectivity index is 1.46. The summed E-state index contributed by atoms with van der Waals surface area (Å²) in [5.74, 6) is 0.731. The Labute approximate surface area is 126 Å². The van der Waals surface area contributed by atoms with Gasteiger partial charge in [0.2, 0.25) is 5.91 Å². The van der Waals surface area contributed by atoms with Crippen LogP contribution in [-0.2, 0) is 11.2 Å². The van der Waals surface area contributed by atoms with Crippen molar-refractivity contribution in [3.05, 3.63) is 29.8 Å². The molecule has 4 heteroatoms. The van der Waals surface area contributed by atoms with E-state index in [9.17, 15) is 4.79 Å². The van der Waals surface area contributed by atoms with Crippen LogP contribution < -0.4 is 10.6 Å². The van der Waals surface area contributed by atoms with Crippen molar-refractivity contribution in [3.63, 3.8) is 0 Å². The lowest BCUT2D eigenvalue weighted by Gasteiger charge is -2.20. The van der Waals surface area contributed by atoms with Crippen LogP contribution in [0.25, 0.3) is 0 Å². The summed E-state index contributed by atoms with van der Waals surface area (Å²) >= 11 is 0. The minimum absolute atomic E-state index is 0.106. The molecule has 21 heavy (non-hydrogen) atoms. The molecule has 1 aromatic rings. The number of hydrogen-bond donors (Lipinski definition) is 2. The van der Waals surface area contributed by atoms with Crippen molar-refractivity contribution in [2.45, 2.75) is 38.8 Å². The van der Waals surface area contributed by atoms with Gasteiger partial charge in [0.25, 0.3) is 0 Å². The molecule has 0 bridgehead atoms. The van der Waals surface area contributed by atoms with Gasteiger partial charge in [-0.15, -0.1) is 0 Å². The van der Waals surface area contributed by atoms with Gasteiger partial charge in [0.15, 0.2) is 0 Å². The molecule has 114 valence electrons. The molecule has 0 spiro atoms. The molecule has 0 saturated carbocycles. The van der Waals surface area contributed by atoms with Crippen molar-refractivity contribution in [2.24, 2.45) is 5.92 Å². The predicted molar refractivity (Wildman–Crippen MR) is 85.4 cm³/mol. The fraction of sp³-hybridized carbons (Fsp3) is 0.588. The second-order valence-corrected chi connectivity index (χ2v) is 6.55. The van der Waals surface area contributed by atoms with E-state index in [1.807, 2.05) is 18.2 Å². The maximum Gasteiger partial charge on any atom is 0.242 e. The molecule has 2 aliphatic heterocycles. The monoisotopic (exact) mass is 287 g/mol. The molecule has 2 N–H and O–H groups in total. The average molecular weight is 287 g/mol. The van der Waals surface area contributed by atoms with E-state index in [0.29, 0.717) is 12.0 Å². The van der Waals surface area contributed by atoms with E-state index >= 15 is 0 Å². The number of benzene rings is 1. The smallest absolute Gasteiger partial charge is 0.242 e. The first-order valence-corrected chi connectivity index (χ1v) is 7.99. The molecule has 2 heterocycles. The van der Waals surface area contributed by atoms with Crippen LogP contribution in [0.3, 0.4) is 0 Å². The van der Waals surface area contributed by atoms with Crippen LogP contribution in [-0.4, -0.2) is 42.5 Å². The third-order valence-corrected chi connectivity index (χ3v) is 4.70. The summed E-state index contributed by atoms with van der Waals surface area (Å²) in [7, 11) is 0. The molecule has 3 rings (SSSR count). The Kier molecular flexibility index (Phi) is 4.15. The van der Waals surface area contributed by atoms with Gasteiger partial charge in [0.05, 0.1) is 0 Å². The normalized spacial score (nSPS) is 24.9. The number of rotatable bonds is 4. The number of hydrogen-bond acceptors (Lipinski definition) is 3. The minimum atomic E-state index is -0.106. The highest BCUT2D eigenvalue weighted by Gasteiger charge is 2.28. The lowest BCUT2D eigenvalue weighted by molar-refractivity contribution is -0.121. The Morgan fingerprint density at radius 1 is 1.43 bits per heavy atom. The van der Waals surface area contributed by atoms with Gasteiger partial charge in [-0.2, -0.15) is 0 Å². The van der Waals surface area contributed by atoms with Crippen molar-refractivity contribution in [1.29, 1.82) is 0 Å². The lowest BCUT2D eigenvalue weighted by Crippen LogP contribution is -2.41. The second-order valence-electron chi connectivity index (χ2n) is 6.55. The van der Waals surface area contributed by atoms with Gasteiger partial charge in [-0.25, -0.2) is 0 Å². The molecule has 0 aromatic heterocycles. The maximum atomic E-state index is 12.3. The van der Waals surface area contributed by atoms with E-state index in [2.05, 4.69) is 35.4 Å². The summed E-state index contributed by atoms with van der Waals surface area (Å²) in [4.78, 5) is 14.8. The first-order valence-electron chi connectivity index (χ1n) is 7.99. The molecular formula is C17H25N3O. The SMILES string of the molecule is CC(C)N1CCC(CNC(=O)C2Cc3ccccc3N2)C1. The first-order chi connectivity index (χ1) is 10.1. The van der Waals surface area contributed by atoms with Crippen LogP contribution >= 0.6 is 0 Å². The Morgan fingerprint density at radius 2 is 2.24 bits per heavy atom. The second kappa shape index (κ2) is 6.06. The van der Waals surface area contributed by atoms with Crippen molar-refractivity contribution in [3.8, 4) is 0 Å². The topological polar surface area (TPSA) is 44.4 Å². The third kappa shape index (κ3) is 3.21. The van der Waals surface area contributed by atoms with Gasteiger partial charge in [0.1, 0.15) is 6.04 Å². The Hall–Kier alpha value is -1.55. The number of likely N-dealkylation sites (tertiary alicyclic amines) is 1. The van der Waals surface area contributed by atoms with Crippen LogP contribution in [0, 0.1) is 5.92 Å². The van der Waals surface area contributed by atoms with Gasteiger partial charge in [-0.1, -0.05) is 18.2 Å². The molecule has 2 atom stereocenters. The molecular weight excluding hydrogens is 262 g/mol. The molecule has 2 aliphatic rings. The number of nitrogens with zero attached hydrogens (tertiary/aromatic N) is 1.